The Bertz CT molecular complexity index is 1020. The minimum absolute atomic E-state index is 0.199. The number of hydrogen-bond donors (Lipinski definition) is 0. The van der Waals surface area contributed by atoms with Crippen molar-refractivity contribution in [1.29, 1.82) is 0 Å². The second-order valence-electron chi connectivity index (χ2n) is 5.63. The second-order valence-corrected chi connectivity index (χ2v) is 5.63. The molecular weight excluding hydrogens is 321 g/mol. The van der Waals surface area contributed by atoms with Crippen molar-refractivity contribution in [1.82, 2.24) is 0 Å². The summed E-state index contributed by atoms with van der Waals surface area (Å²) >= 11 is 0. The Hall–Kier alpha value is -2.99. The number of hydrogen-bond acceptors (Lipinski definition) is 0. The van der Waals surface area contributed by atoms with Crippen molar-refractivity contribution in [3.8, 4) is 11.8 Å². The predicted molar refractivity (Wildman–Crippen MR) is 94.8 cm³/mol. The fourth-order valence-electron chi connectivity index (χ4n) is 2.52. The topological polar surface area (TPSA) is 0 Å². The Balaban J connectivity index is 1.91. The molecule has 124 valence electrons. The molecule has 0 N–H and O–H groups in total. The molecule has 0 aliphatic rings. The SMILES string of the molecule is CC=CCc1ccc(C#Cc2ccc3c(F)c(F)ccc3c2)c(F)c1. The smallest absolute Gasteiger partial charge is 0.166 e. The monoisotopic (exact) mass is 336 g/mol. The van der Waals surface area contributed by atoms with Crippen molar-refractivity contribution in [2.24, 2.45) is 0 Å². The lowest BCUT2D eigenvalue weighted by Gasteiger charge is -2.01. The molecule has 0 heterocycles. The molecule has 0 atom stereocenters. The lowest BCUT2D eigenvalue weighted by atomic mass is 10.1. The highest BCUT2D eigenvalue weighted by Gasteiger charge is 2.06. The van der Waals surface area contributed by atoms with Crippen LogP contribution in [0.1, 0.15) is 23.6 Å². The van der Waals surface area contributed by atoms with Gasteiger partial charge in [-0.1, -0.05) is 42.2 Å². The lowest BCUT2D eigenvalue weighted by molar-refractivity contribution is 0.517. The summed E-state index contributed by atoms with van der Waals surface area (Å²) in [6, 6.07) is 12.3. The third-order valence-electron chi connectivity index (χ3n) is 3.87. The van der Waals surface area contributed by atoms with Crippen LogP contribution < -0.4 is 0 Å². The third-order valence-corrected chi connectivity index (χ3v) is 3.87. The molecule has 3 heteroatoms. The van der Waals surface area contributed by atoms with E-state index in [-0.39, 0.29) is 11.2 Å². The van der Waals surface area contributed by atoms with Gasteiger partial charge in [0.1, 0.15) is 5.82 Å². The van der Waals surface area contributed by atoms with E-state index in [0.29, 0.717) is 22.9 Å². The molecule has 0 fully saturated rings. The first-order valence-corrected chi connectivity index (χ1v) is 7.88. The fraction of sp³-hybridized carbons (Fsp3) is 0.0909. The molecular formula is C22H15F3. The summed E-state index contributed by atoms with van der Waals surface area (Å²) in [5.74, 6) is 3.53. The average Bonchev–Trinajstić information content (AvgIpc) is 2.62. The molecule has 0 amide bonds. The molecule has 0 bridgehead atoms. The summed E-state index contributed by atoms with van der Waals surface area (Å²) in [7, 11) is 0. The molecule has 0 spiro atoms. The Labute approximate surface area is 144 Å². The maximum absolute atomic E-state index is 14.1. The van der Waals surface area contributed by atoms with Gasteiger partial charge < -0.3 is 0 Å². The Morgan fingerprint density at radius 3 is 2.48 bits per heavy atom. The highest BCUT2D eigenvalue weighted by molar-refractivity contribution is 5.84. The zero-order valence-electron chi connectivity index (χ0n) is 13.6. The maximum atomic E-state index is 14.1. The van der Waals surface area contributed by atoms with Gasteiger partial charge in [-0.3, -0.25) is 0 Å². The van der Waals surface area contributed by atoms with Crippen molar-refractivity contribution in [3.63, 3.8) is 0 Å². The molecule has 0 aliphatic carbocycles. The highest BCUT2D eigenvalue weighted by Crippen LogP contribution is 2.21. The van der Waals surface area contributed by atoms with Crippen molar-refractivity contribution in [3.05, 3.63) is 94.8 Å². The molecule has 3 rings (SSSR count). The van der Waals surface area contributed by atoms with E-state index < -0.39 is 11.6 Å². The van der Waals surface area contributed by atoms with Crippen LogP contribution in [0.2, 0.25) is 0 Å². The van der Waals surface area contributed by atoms with E-state index >= 15 is 0 Å². The quantitative estimate of drug-likeness (QED) is 0.411. The van der Waals surface area contributed by atoms with Crippen LogP contribution in [-0.4, -0.2) is 0 Å². The number of rotatable bonds is 2. The van der Waals surface area contributed by atoms with Crippen LogP contribution in [0.15, 0.2) is 60.7 Å². The standard InChI is InChI=1S/C22H15F3/c1-2-3-4-15-5-8-17(21(24)14-15)9-6-16-7-11-19-18(13-16)10-12-20(23)22(19)25/h2-3,5,7-8,10-14H,4H2,1H3. The summed E-state index contributed by atoms with van der Waals surface area (Å²) in [4.78, 5) is 0. The van der Waals surface area contributed by atoms with Gasteiger partial charge in [0.15, 0.2) is 11.6 Å². The molecule has 0 saturated heterocycles. The van der Waals surface area contributed by atoms with Crippen LogP contribution in [0.3, 0.4) is 0 Å². The van der Waals surface area contributed by atoms with E-state index in [2.05, 4.69) is 11.8 Å². The van der Waals surface area contributed by atoms with E-state index in [1.165, 1.54) is 18.2 Å². The largest absolute Gasteiger partial charge is 0.206 e. The zero-order chi connectivity index (χ0) is 17.8. The van der Waals surface area contributed by atoms with Crippen molar-refractivity contribution in [2.75, 3.05) is 0 Å². The van der Waals surface area contributed by atoms with Crippen LogP contribution in [0.25, 0.3) is 10.8 Å². The number of halogens is 3. The van der Waals surface area contributed by atoms with E-state index in [1.54, 1.807) is 18.2 Å². The van der Waals surface area contributed by atoms with Gasteiger partial charge in [0.05, 0.1) is 5.56 Å². The molecule has 0 aromatic heterocycles. The van der Waals surface area contributed by atoms with Crippen molar-refractivity contribution >= 4 is 10.8 Å². The van der Waals surface area contributed by atoms with Crippen LogP contribution in [0.4, 0.5) is 13.2 Å². The fourth-order valence-corrected chi connectivity index (χ4v) is 2.52. The van der Waals surface area contributed by atoms with Crippen LogP contribution >= 0.6 is 0 Å². The van der Waals surface area contributed by atoms with Crippen molar-refractivity contribution < 1.29 is 13.2 Å². The normalized spacial score (nSPS) is 10.9. The highest BCUT2D eigenvalue weighted by atomic mass is 19.2. The van der Waals surface area contributed by atoms with Crippen molar-refractivity contribution in [2.45, 2.75) is 13.3 Å². The first-order chi connectivity index (χ1) is 12.1. The van der Waals surface area contributed by atoms with Crippen LogP contribution in [-0.2, 0) is 6.42 Å². The Kier molecular flexibility index (Phi) is 4.90. The third kappa shape index (κ3) is 3.75. The zero-order valence-corrected chi connectivity index (χ0v) is 13.6. The second kappa shape index (κ2) is 7.27. The van der Waals surface area contributed by atoms with Gasteiger partial charge >= 0.3 is 0 Å². The molecule has 3 aromatic carbocycles. The molecule has 0 aliphatic heterocycles. The summed E-state index contributed by atoms with van der Waals surface area (Å²) in [6.45, 7) is 1.92. The van der Waals surface area contributed by atoms with Gasteiger partial charge in [-0.25, -0.2) is 13.2 Å². The molecule has 0 saturated carbocycles. The molecule has 0 radical (unpaired) electrons. The van der Waals surface area contributed by atoms with Gasteiger partial charge in [-0.15, -0.1) is 0 Å². The van der Waals surface area contributed by atoms with E-state index in [9.17, 15) is 13.2 Å². The number of allylic oxidation sites excluding steroid dienone is 2. The first kappa shape index (κ1) is 16.9. The summed E-state index contributed by atoms with van der Waals surface area (Å²) in [6.07, 6.45) is 4.55. The van der Waals surface area contributed by atoms with E-state index in [1.807, 2.05) is 25.1 Å². The molecule has 0 unspecified atom stereocenters. The summed E-state index contributed by atoms with van der Waals surface area (Å²) in [5, 5.41) is 0.748. The lowest BCUT2D eigenvalue weighted by Crippen LogP contribution is -1.89. The Morgan fingerprint density at radius 1 is 0.880 bits per heavy atom. The van der Waals surface area contributed by atoms with Gasteiger partial charge in [0, 0.05) is 10.9 Å². The number of fused-ring (bicyclic) bond motifs is 1. The minimum Gasteiger partial charge on any atom is -0.206 e. The summed E-state index contributed by atoms with van der Waals surface area (Å²) < 4.78 is 41.0. The molecule has 0 nitrogen and oxygen atoms in total. The van der Waals surface area contributed by atoms with Gasteiger partial charge in [0.2, 0.25) is 0 Å². The van der Waals surface area contributed by atoms with E-state index in [4.69, 9.17) is 0 Å². The first-order valence-electron chi connectivity index (χ1n) is 7.88. The predicted octanol–water partition coefficient (Wildman–Crippen LogP) is 5.78. The average molecular weight is 336 g/mol. The van der Waals surface area contributed by atoms with Gasteiger partial charge in [-0.2, -0.15) is 0 Å². The van der Waals surface area contributed by atoms with Crippen LogP contribution in [0, 0.1) is 29.3 Å². The van der Waals surface area contributed by atoms with Crippen LogP contribution in [0.5, 0.6) is 0 Å². The summed E-state index contributed by atoms with van der Waals surface area (Å²) in [5.41, 5.74) is 1.79. The minimum atomic E-state index is -0.883. The maximum Gasteiger partial charge on any atom is 0.166 e. The van der Waals surface area contributed by atoms with Gasteiger partial charge in [0.25, 0.3) is 0 Å². The van der Waals surface area contributed by atoms with Gasteiger partial charge in [-0.05, 0) is 54.6 Å². The van der Waals surface area contributed by atoms with E-state index in [0.717, 1.165) is 11.6 Å². The Morgan fingerprint density at radius 2 is 1.72 bits per heavy atom. The molecule has 3 aromatic rings. The number of benzene rings is 3. The molecule has 25 heavy (non-hydrogen) atoms.